The van der Waals surface area contributed by atoms with Crippen molar-refractivity contribution in [2.45, 2.75) is 59.0 Å². The fourth-order valence-electron chi connectivity index (χ4n) is 3.03. The Balaban J connectivity index is 2.37. The Morgan fingerprint density at radius 1 is 1.31 bits per heavy atom. The normalized spacial score (nSPS) is 17.1. The van der Waals surface area contributed by atoms with Crippen molar-refractivity contribution in [3.05, 3.63) is 46.3 Å². The third kappa shape index (κ3) is 5.82. The molecule has 0 saturated heterocycles. The van der Waals surface area contributed by atoms with E-state index in [4.69, 9.17) is 10.3 Å². The van der Waals surface area contributed by atoms with Crippen molar-refractivity contribution in [2.24, 2.45) is 22.4 Å². The predicted molar refractivity (Wildman–Crippen MR) is 102 cm³/mol. The summed E-state index contributed by atoms with van der Waals surface area (Å²) in [4.78, 5) is 14.6. The molecule has 0 heterocycles. The van der Waals surface area contributed by atoms with Crippen molar-refractivity contribution in [3.8, 4) is 11.8 Å². The first-order chi connectivity index (χ1) is 12.3. The van der Waals surface area contributed by atoms with Gasteiger partial charge in [0.05, 0.1) is 0 Å². The van der Waals surface area contributed by atoms with E-state index in [9.17, 15) is 4.79 Å². The third-order valence-corrected chi connectivity index (χ3v) is 4.74. The molecule has 26 heavy (non-hydrogen) atoms. The predicted octanol–water partition coefficient (Wildman–Crippen LogP) is 5.90. The topological polar surface area (TPSA) is 75.1 Å². The highest BCUT2D eigenvalue weighted by atomic mass is 16.6. The molecule has 1 aromatic carbocycles. The summed E-state index contributed by atoms with van der Waals surface area (Å²) in [5.41, 5.74) is 8.58. The van der Waals surface area contributed by atoms with Crippen LogP contribution in [-0.2, 0) is 11.2 Å². The average Bonchev–Trinajstić information content (AvgIpc) is 3.42. The fraction of sp³-hybridized carbons (Fsp3) is 0.571. The lowest BCUT2D eigenvalue weighted by molar-refractivity contribution is 0.00745. The summed E-state index contributed by atoms with van der Waals surface area (Å²) in [5, 5.41) is 3.12. The van der Waals surface area contributed by atoms with Crippen molar-refractivity contribution in [1.82, 2.24) is 0 Å². The standard InChI is InChI=1S/C21H27N3O2/c1-16(18-10-11-18)21(15-14-20(2,3)4,26-19(25)23-24-22)13-12-17-8-6-5-7-9-17/h5-9,16,18H,10-13H2,1-4H3. The summed E-state index contributed by atoms with van der Waals surface area (Å²) < 4.78 is 5.73. The molecule has 0 radical (unpaired) electrons. The Morgan fingerprint density at radius 2 is 1.96 bits per heavy atom. The lowest BCUT2D eigenvalue weighted by Gasteiger charge is -2.34. The fourth-order valence-corrected chi connectivity index (χ4v) is 3.03. The first-order valence-corrected chi connectivity index (χ1v) is 9.12. The number of hydrogen-bond acceptors (Lipinski definition) is 2. The summed E-state index contributed by atoms with van der Waals surface area (Å²) in [6, 6.07) is 10.1. The molecule has 5 heteroatoms. The second-order valence-corrected chi connectivity index (χ2v) is 8.06. The monoisotopic (exact) mass is 353 g/mol. The number of rotatable bonds is 6. The van der Waals surface area contributed by atoms with E-state index < -0.39 is 11.7 Å². The number of hydrogen-bond donors (Lipinski definition) is 0. The Bertz CT molecular complexity index is 732. The molecule has 1 amide bonds. The van der Waals surface area contributed by atoms with Crippen LogP contribution in [0.1, 0.15) is 52.5 Å². The van der Waals surface area contributed by atoms with Crippen LogP contribution in [0.5, 0.6) is 0 Å². The van der Waals surface area contributed by atoms with Gasteiger partial charge in [-0.15, -0.1) is 0 Å². The quantitative estimate of drug-likeness (QED) is 0.276. The number of carbonyl (C=O) groups excluding carboxylic acids is 1. The average molecular weight is 353 g/mol. The second kappa shape index (κ2) is 8.29. The van der Waals surface area contributed by atoms with Gasteiger partial charge in [0.25, 0.3) is 0 Å². The number of benzene rings is 1. The second-order valence-electron chi connectivity index (χ2n) is 8.06. The summed E-state index contributed by atoms with van der Waals surface area (Å²) in [7, 11) is 0. The van der Waals surface area contributed by atoms with Crippen LogP contribution in [0.4, 0.5) is 4.79 Å². The van der Waals surface area contributed by atoms with Crippen molar-refractivity contribution in [1.29, 1.82) is 0 Å². The molecule has 0 N–H and O–H groups in total. The van der Waals surface area contributed by atoms with E-state index >= 15 is 0 Å². The number of amides is 1. The Hall–Kier alpha value is -2.44. The van der Waals surface area contributed by atoms with Gasteiger partial charge in [-0.3, -0.25) is 0 Å². The van der Waals surface area contributed by atoms with Gasteiger partial charge in [-0.1, -0.05) is 49.1 Å². The number of carbonyl (C=O) groups is 1. The van der Waals surface area contributed by atoms with E-state index in [1.54, 1.807) is 0 Å². The molecule has 0 aromatic heterocycles. The molecule has 2 unspecified atom stereocenters. The first-order valence-electron chi connectivity index (χ1n) is 9.12. The molecular weight excluding hydrogens is 326 g/mol. The third-order valence-electron chi connectivity index (χ3n) is 4.74. The van der Waals surface area contributed by atoms with Gasteiger partial charge >= 0.3 is 6.09 Å². The van der Waals surface area contributed by atoms with Crippen LogP contribution in [0, 0.1) is 29.1 Å². The molecule has 1 aliphatic carbocycles. The van der Waals surface area contributed by atoms with Crippen LogP contribution in [0.2, 0.25) is 0 Å². The van der Waals surface area contributed by atoms with Crippen LogP contribution < -0.4 is 0 Å². The van der Waals surface area contributed by atoms with Gasteiger partial charge in [0.1, 0.15) is 0 Å². The zero-order valence-corrected chi connectivity index (χ0v) is 16.0. The van der Waals surface area contributed by atoms with Crippen molar-refractivity contribution in [3.63, 3.8) is 0 Å². The Labute approximate surface area is 155 Å². The first kappa shape index (κ1) is 19.9. The largest absolute Gasteiger partial charge is 0.441 e. The summed E-state index contributed by atoms with van der Waals surface area (Å²) in [6.07, 6.45) is 2.64. The molecule has 5 nitrogen and oxygen atoms in total. The van der Waals surface area contributed by atoms with Crippen molar-refractivity contribution in [2.75, 3.05) is 0 Å². The smallest absolute Gasteiger partial charge is 0.398 e. The molecule has 0 spiro atoms. The highest BCUT2D eigenvalue weighted by Crippen LogP contribution is 2.45. The number of azide groups is 1. The lowest BCUT2D eigenvalue weighted by atomic mass is 9.80. The molecule has 2 rings (SSSR count). The van der Waals surface area contributed by atoms with Crippen molar-refractivity contribution < 1.29 is 9.53 Å². The minimum Gasteiger partial charge on any atom is -0.441 e. The van der Waals surface area contributed by atoms with Gasteiger partial charge in [0.15, 0.2) is 5.60 Å². The maximum atomic E-state index is 12.0. The number of aryl methyl sites for hydroxylation is 1. The summed E-state index contributed by atoms with van der Waals surface area (Å²) in [6.45, 7) is 8.17. The maximum Gasteiger partial charge on any atom is 0.398 e. The molecular formula is C21H27N3O2. The molecule has 138 valence electrons. The Morgan fingerprint density at radius 3 is 2.50 bits per heavy atom. The van der Waals surface area contributed by atoms with E-state index in [-0.39, 0.29) is 11.3 Å². The molecule has 0 aliphatic heterocycles. The van der Waals surface area contributed by atoms with Gasteiger partial charge in [0, 0.05) is 27.8 Å². The zero-order valence-electron chi connectivity index (χ0n) is 16.0. The van der Waals surface area contributed by atoms with Crippen LogP contribution >= 0.6 is 0 Å². The van der Waals surface area contributed by atoms with Gasteiger partial charge < -0.3 is 4.74 Å². The lowest BCUT2D eigenvalue weighted by Crippen LogP contribution is -2.41. The molecule has 2 atom stereocenters. The van der Waals surface area contributed by atoms with Crippen LogP contribution in [0.25, 0.3) is 10.4 Å². The highest BCUT2D eigenvalue weighted by Gasteiger charge is 2.46. The SMILES string of the molecule is CC(C1CC1)C(C#CC(C)(C)C)(CCc1ccccc1)OC(=O)N=[N+]=[N-]. The van der Waals surface area contributed by atoms with E-state index in [1.807, 2.05) is 39.0 Å². The molecule has 1 fully saturated rings. The van der Waals surface area contributed by atoms with Crippen LogP contribution in [-0.4, -0.2) is 11.7 Å². The summed E-state index contributed by atoms with van der Waals surface area (Å²) >= 11 is 0. The highest BCUT2D eigenvalue weighted by molar-refractivity contribution is 5.69. The molecule has 1 aliphatic rings. The number of ether oxygens (including phenoxy) is 1. The van der Waals surface area contributed by atoms with E-state index in [0.29, 0.717) is 12.3 Å². The van der Waals surface area contributed by atoms with Gasteiger partial charge in [-0.05, 0) is 57.0 Å². The van der Waals surface area contributed by atoms with Crippen LogP contribution in [0.3, 0.4) is 0 Å². The Kier molecular flexibility index (Phi) is 6.34. The van der Waals surface area contributed by atoms with E-state index in [2.05, 4.69) is 40.9 Å². The van der Waals surface area contributed by atoms with Crippen molar-refractivity contribution >= 4 is 6.09 Å². The number of nitrogens with zero attached hydrogens (tertiary/aromatic N) is 3. The minimum absolute atomic E-state index is 0.0823. The van der Waals surface area contributed by atoms with Crippen LogP contribution in [0.15, 0.2) is 35.4 Å². The maximum absolute atomic E-state index is 12.0. The summed E-state index contributed by atoms with van der Waals surface area (Å²) in [5.74, 6) is 7.09. The molecule has 1 saturated carbocycles. The van der Waals surface area contributed by atoms with E-state index in [1.165, 1.54) is 0 Å². The van der Waals surface area contributed by atoms with Gasteiger partial charge in [-0.25, -0.2) is 4.79 Å². The van der Waals surface area contributed by atoms with Gasteiger partial charge in [0.2, 0.25) is 0 Å². The van der Waals surface area contributed by atoms with E-state index in [0.717, 1.165) is 24.8 Å². The molecule has 0 bridgehead atoms. The molecule has 1 aromatic rings. The van der Waals surface area contributed by atoms with Gasteiger partial charge in [-0.2, -0.15) is 0 Å². The zero-order chi connectivity index (χ0) is 19.2. The minimum atomic E-state index is -0.949.